The van der Waals surface area contributed by atoms with Gasteiger partial charge in [-0.05, 0) is 20.8 Å². The summed E-state index contributed by atoms with van der Waals surface area (Å²) >= 11 is 0. The molecule has 7 nitrogen and oxygen atoms in total. The second-order valence-electron chi connectivity index (χ2n) is 6.24. The Balaban J connectivity index is 2.07. The van der Waals surface area contributed by atoms with E-state index in [9.17, 15) is 9.59 Å². The molecular weight excluding hydrogens is 286 g/mol. The van der Waals surface area contributed by atoms with Crippen LogP contribution in [0, 0.1) is 0 Å². The van der Waals surface area contributed by atoms with E-state index in [1.807, 2.05) is 20.8 Å². The van der Waals surface area contributed by atoms with Crippen molar-refractivity contribution in [3.8, 4) is 0 Å². The van der Waals surface area contributed by atoms with Gasteiger partial charge >= 0.3 is 0 Å². The number of nitrogens with zero attached hydrogens (tertiary/aromatic N) is 3. The molecule has 1 amide bonds. The molecule has 0 saturated carbocycles. The van der Waals surface area contributed by atoms with Crippen LogP contribution in [0.2, 0.25) is 0 Å². The maximum atomic E-state index is 12.4. The highest BCUT2D eigenvalue weighted by Crippen LogP contribution is 2.20. The Hall–Kier alpha value is -1.73. The zero-order chi connectivity index (χ0) is 16.3. The fourth-order valence-corrected chi connectivity index (χ4v) is 2.70. The van der Waals surface area contributed by atoms with E-state index >= 15 is 0 Å². The molecule has 0 aliphatic carbocycles. The number of hydrogen-bond acceptors (Lipinski definition) is 5. The van der Waals surface area contributed by atoms with Gasteiger partial charge in [-0.2, -0.15) is 0 Å². The topological polar surface area (TPSA) is 73.7 Å². The highest BCUT2D eigenvalue weighted by molar-refractivity contribution is 5.76. The zero-order valence-electron chi connectivity index (χ0n) is 13.5. The Kier molecular flexibility index (Phi) is 4.97. The van der Waals surface area contributed by atoms with Gasteiger partial charge in [0.15, 0.2) is 0 Å². The van der Waals surface area contributed by atoms with Crippen LogP contribution in [0.25, 0.3) is 0 Å². The van der Waals surface area contributed by atoms with Gasteiger partial charge in [0.05, 0.1) is 30.3 Å². The molecular formula is C15H23N3O4. The van der Waals surface area contributed by atoms with Crippen molar-refractivity contribution in [2.75, 3.05) is 20.2 Å². The minimum atomic E-state index is -0.376. The van der Waals surface area contributed by atoms with E-state index in [2.05, 4.69) is 4.98 Å². The maximum Gasteiger partial charge on any atom is 0.254 e. The quantitative estimate of drug-likeness (QED) is 0.806. The second kappa shape index (κ2) is 6.58. The summed E-state index contributed by atoms with van der Waals surface area (Å²) in [6.07, 6.45) is 1.37. The third kappa shape index (κ3) is 4.14. The minimum absolute atomic E-state index is 0.0120. The smallest absolute Gasteiger partial charge is 0.254 e. The first-order chi connectivity index (χ1) is 10.3. The summed E-state index contributed by atoms with van der Waals surface area (Å²) < 4.78 is 12.0. The lowest BCUT2D eigenvalue weighted by Crippen LogP contribution is -2.54. The molecule has 0 N–H and O–H groups in total. The van der Waals surface area contributed by atoms with Crippen LogP contribution in [0.5, 0.6) is 0 Å². The van der Waals surface area contributed by atoms with Gasteiger partial charge in [-0.3, -0.25) is 14.2 Å². The van der Waals surface area contributed by atoms with Crippen molar-refractivity contribution in [3.63, 3.8) is 0 Å². The predicted molar refractivity (Wildman–Crippen MR) is 80.4 cm³/mol. The third-order valence-electron chi connectivity index (χ3n) is 3.46. The number of amides is 1. The fourth-order valence-electron chi connectivity index (χ4n) is 2.70. The minimum Gasteiger partial charge on any atom is -0.378 e. The van der Waals surface area contributed by atoms with Gasteiger partial charge < -0.3 is 14.4 Å². The number of aromatic nitrogens is 2. The number of rotatable bonds is 4. The molecule has 2 heterocycles. The molecule has 1 aliphatic rings. The van der Waals surface area contributed by atoms with Crippen LogP contribution in [0.15, 0.2) is 17.2 Å². The standard InChI is InChI=1S/C15H23N3O4/c1-11-6-17(9-15(2,3)22-11)14(20)7-18-10-16-12(8-21-4)5-13(18)19/h5,10-11H,6-9H2,1-4H3. The van der Waals surface area contributed by atoms with Crippen LogP contribution in [-0.2, 0) is 27.4 Å². The molecule has 7 heteroatoms. The van der Waals surface area contributed by atoms with Crippen LogP contribution in [0.1, 0.15) is 26.5 Å². The number of morpholine rings is 1. The van der Waals surface area contributed by atoms with Gasteiger partial charge in [0.2, 0.25) is 5.91 Å². The first kappa shape index (κ1) is 16.6. The molecule has 0 bridgehead atoms. The number of methoxy groups -OCH3 is 1. The molecule has 122 valence electrons. The molecule has 0 radical (unpaired) electrons. The summed E-state index contributed by atoms with van der Waals surface area (Å²) in [4.78, 5) is 30.3. The number of carbonyl (C=O) groups is 1. The van der Waals surface area contributed by atoms with Crippen LogP contribution in [0.3, 0.4) is 0 Å². The Morgan fingerprint density at radius 1 is 1.55 bits per heavy atom. The Morgan fingerprint density at radius 3 is 2.86 bits per heavy atom. The third-order valence-corrected chi connectivity index (χ3v) is 3.46. The monoisotopic (exact) mass is 309 g/mol. The summed E-state index contributed by atoms with van der Waals surface area (Å²) in [5, 5.41) is 0. The Morgan fingerprint density at radius 2 is 2.27 bits per heavy atom. The van der Waals surface area contributed by atoms with E-state index in [1.165, 1.54) is 24.1 Å². The molecule has 1 aromatic heterocycles. The zero-order valence-corrected chi connectivity index (χ0v) is 13.5. The fraction of sp³-hybridized carbons (Fsp3) is 0.667. The lowest BCUT2D eigenvalue weighted by molar-refractivity contribution is -0.158. The lowest BCUT2D eigenvalue weighted by atomic mass is 10.1. The molecule has 1 aliphatic heterocycles. The highest BCUT2D eigenvalue weighted by atomic mass is 16.5. The van der Waals surface area contributed by atoms with E-state index in [0.29, 0.717) is 18.8 Å². The van der Waals surface area contributed by atoms with Crippen LogP contribution < -0.4 is 5.56 Å². The SMILES string of the molecule is COCc1cc(=O)n(CC(=O)N2CC(C)OC(C)(C)C2)cn1. The number of ether oxygens (including phenoxy) is 2. The van der Waals surface area contributed by atoms with Crippen molar-refractivity contribution in [1.82, 2.24) is 14.5 Å². The lowest BCUT2D eigenvalue weighted by Gasteiger charge is -2.41. The largest absolute Gasteiger partial charge is 0.378 e. The van der Waals surface area contributed by atoms with Gasteiger partial charge in [0.25, 0.3) is 5.56 Å². The van der Waals surface area contributed by atoms with E-state index in [-0.39, 0.29) is 36.3 Å². The van der Waals surface area contributed by atoms with Crippen LogP contribution >= 0.6 is 0 Å². The molecule has 2 rings (SSSR count). The Bertz CT molecular complexity index is 597. The van der Waals surface area contributed by atoms with Gasteiger partial charge in [-0.25, -0.2) is 4.98 Å². The summed E-state index contributed by atoms with van der Waals surface area (Å²) in [6.45, 7) is 7.16. The maximum absolute atomic E-state index is 12.4. The molecule has 1 fully saturated rings. The van der Waals surface area contributed by atoms with Crippen molar-refractivity contribution in [2.45, 2.75) is 45.6 Å². The van der Waals surface area contributed by atoms with Gasteiger partial charge in [-0.15, -0.1) is 0 Å². The normalized spacial score (nSPS) is 20.9. The molecule has 1 aromatic rings. The molecule has 1 atom stereocenters. The molecule has 22 heavy (non-hydrogen) atoms. The average molecular weight is 309 g/mol. The number of carbonyl (C=O) groups excluding carboxylic acids is 1. The van der Waals surface area contributed by atoms with Gasteiger partial charge in [0, 0.05) is 26.3 Å². The Labute approximate surface area is 129 Å². The van der Waals surface area contributed by atoms with Crippen molar-refractivity contribution in [3.05, 3.63) is 28.4 Å². The highest BCUT2D eigenvalue weighted by Gasteiger charge is 2.33. The summed E-state index contributed by atoms with van der Waals surface area (Å²) in [6, 6.07) is 1.39. The van der Waals surface area contributed by atoms with E-state index in [0.717, 1.165) is 0 Å². The molecule has 1 unspecified atom stereocenters. The van der Waals surface area contributed by atoms with Crippen molar-refractivity contribution < 1.29 is 14.3 Å². The molecule has 1 saturated heterocycles. The molecule has 0 spiro atoms. The summed E-state index contributed by atoms with van der Waals surface area (Å²) in [5.41, 5.74) is -0.0768. The van der Waals surface area contributed by atoms with Crippen molar-refractivity contribution in [1.29, 1.82) is 0 Å². The predicted octanol–water partition coefficient (Wildman–Crippen LogP) is 0.416. The van der Waals surface area contributed by atoms with Crippen molar-refractivity contribution >= 4 is 5.91 Å². The average Bonchev–Trinajstić information content (AvgIpc) is 2.39. The van der Waals surface area contributed by atoms with E-state index in [4.69, 9.17) is 9.47 Å². The summed E-state index contributed by atoms with van der Waals surface area (Å²) in [7, 11) is 1.54. The van der Waals surface area contributed by atoms with Gasteiger partial charge in [0.1, 0.15) is 6.54 Å². The summed E-state index contributed by atoms with van der Waals surface area (Å²) in [5.74, 6) is -0.105. The first-order valence-corrected chi connectivity index (χ1v) is 7.30. The van der Waals surface area contributed by atoms with E-state index in [1.54, 1.807) is 4.90 Å². The van der Waals surface area contributed by atoms with Crippen LogP contribution in [0.4, 0.5) is 0 Å². The van der Waals surface area contributed by atoms with Crippen LogP contribution in [-0.4, -0.2) is 52.3 Å². The van der Waals surface area contributed by atoms with Gasteiger partial charge in [-0.1, -0.05) is 0 Å². The van der Waals surface area contributed by atoms with E-state index < -0.39 is 0 Å². The first-order valence-electron chi connectivity index (χ1n) is 7.30. The van der Waals surface area contributed by atoms with Crippen molar-refractivity contribution in [2.24, 2.45) is 0 Å². The molecule has 0 aromatic carbocycles. The number of hydrogen-bond donors (Lipinski definition) is 0. The second-order valence-corrected chi connectivity index (χ2v) is 6.24.